The fraction of sp³-hybridized carbons (Fsp3) is 1.00. The van der Waals surface area contributed by atoms with Crippen LogP contribution < -0.4 is 5.32 Å². The van der Waals surface area contributed by atoms with Crippen LogP contribution in [0, 0.1) is 0 Å². The zero-order valence-electron chi connectivity index (χ0n) is 10.5. The van der Waals surface area contributed by atoms with Gasteiger partial charge in [-0.2, -0.15) is 0 Å². The molecule has 1 rings (SSSR count). The highest BCUT2D eigenvalue weighted by Gasteiger charge is 2.28. The molecule has 1 heterocycles. The quantitative estimate of drug-likeness (QED) is 0.749. The van der Waals surface area contributed by atoms with Crippen LogP contribution >= 0.6 is 0 Å². The predicted octanol–water partition coefficient (Wildman–Crippen LogP) is 0.678. The van der Waals surface area contributed by atoms with E-state index in [4.69, 9.17) is 9.47 Å². The van der Waals surface area contributed by atoms with Crippen molar-refractivity contribution in [3.05, 3.63) is 0 Å². The van der Waals surface area contributed by atoms with Gasteiger partial charge in [-0.1, -0.05) is 0 Å². The number of nitrogens with one attached hydrogen (secondary N) is 1. The third-order valence-electron chi connectivity index (χ3n) is 2.42. The zero-order chi connectivity index (χ0) is 11.5. The van der Waals surface area contributed by atoms with Crippen molar-refractivity contribution < 1.29 is 9.47 Å². The van der Waals surface area contributed by atoms with Crippen LogP contribution in [0.4, 0.5) is 0 Å². The summed E-state index contributed by atoms with van der Waals surface area (Å²) >= 11 is 0. The maximum atomic E-state index is 5.59. The average Bonchev–Trinajstić information content (AvgIpc) is 2.07. The van der Waals surface area contributed by atoms with Gasteiger partial charge in [0, 0.05) is 12.6 Å². The van der Waals surface area contributed by atoms with Gasteiger partial charge in [-0.05, 0) is 34.9 Å². The first-order valence-corrected chi connectivity index (χ1v) is 5.58. The Bertz CT molecular complexity index is 185. The number of rotatable bonds is 4. The van der Waals surface area contributed by atoms with E-state index in [1.54, 1.807) is 0 Å². The van der Waals surface area contributed by atoms with E-state index in [1.165, 1.54) is 0 Å². The van der Waals surface area contributed by atoms with Gasteiger partial charge in [0.2, 0.25) is 0 Å². The maximum Gasteiger partial charge on any atom is 0.162 e. The number of nitrogens with zero attached hydrogens (tertiary/aromatic N) is 1. The summed E-state index contributed by atoms with van der Waals surface area (Å²) in [6.45, 7) is 8.56. The molecule has 1 fully saturated rings. The van der Waals surface area contributed by atoms with Crippen LogP contribution in [-0.4, -0.2) is 56.6 Å². The van der Waals surface area contributed by atoms with Crippen molar-refractivity contribution in [3.63, 3.8) is 0 Å². The first kappa shape index (κ1) is 12.9. The molecule has 1 unspecified atom stereocenters. The third kappa shape index (κ3) is 4.93. The lowest BCUT2D eigenvalue weighted by Crippen LogP contribution is -2.52. The second-order valence-corrected chi connectivity index (χ2v) is 5.05. The molecule has 0 aromatic carbocycles. The van der Waals surface area contributed by atoms with E-state index in [1.807, 2.05) is 13.8 Å². The minimum absolute atomic E-state index is 0.313. The topological polar surface area (TPSA) is 33.7 Å². The molecule has 0 aromatic heterocycles. The van der Waals surface area contributed by atoms with Crippen LogP contribution in [0.3, 0.4) is 0 Å². The molecule has 1 aliphatic rings. The molecule has 0 aromatic rings. The van der Waals surface area contributed by atoms with E-state index in [2.05, 4.69) is 31.2 Å². The molecule has 0 amide bonds. The van der Waals surface area contributed by atoms with E-state index in [0.29, 0.717) is 12.1 Å². The molecule has 1 aliphatic heterocycles. The van der Waals surface area contributed by atoms with Crippen molar-refractivity contribution in [1.82, 2.24) is 10.2 Å². The number of likely N-dealkylation sites (N-methyl/N-ethyl adjacent to an activating group) is 1. The van der Waals surface area contributed by atoms with E-state index < -0.39 is 5.79 Å². The van der Waals surface area contributed by atoms with Gasteiger partial charge in [-0.3, -0.25) is 0 Å². The Kier molecular flexibility index (Phi) is 4.52. The molecule has 4 heteroatoms. The standard InChI is InChI=1S/C11H24N2O2/c1-9(6-13(4)5)12-10-7-14-11(2,3)15-8-10/h9-10,12H,6-8H2,1-5H3. The molecule has 0 radical (unpaired) electrons. The Morgan fingerprint density at radius 2 is 1.87 bits per heavy atom. The van der Waals surface area contributed by atoms with Crippen LogP contribution in [0.1, 0.15) is 20.8 Å². The minimum Gasteiger partial charge on any atom is -0.349 e. The van der Waals surface area contributed by atoms with Gasteiger partial charge in [-0.25, -0.2) is 0 Å². The summed E-state index contributed by atoms with van der Waals surface area (Å²) < 4.78 is 11.2. The summed E-state index contributed by atoms with van der Waals surface area (Å²) in [6.07, 6.45) is 0. The highest BCUT2D eigenvalue weighted by molar-refractivity contribution is 4.77. The van der Waals surface area contributed by atoms with Crippen molar-refractivity contribution in [2.24, 2.45) is 0 Å². The van der Waals surface area contributed by atoms with Crippen molar-refractivity contribution in [1.29, 1.82) is 0 Å². The van der Waals surface area contributed by atoms with Gasteiger partial charge in [0.25, 0.3) is 0 Å². The zero-order valence-corrected chi connectivity index (χ0v) is 10.5. The van der Waals surface area contributed by atoms with Crippen LogP contribution in [0.2, 0.25) is 0 Å². The summed E-state index contributed by atoms with van der Waals surface area (Å²) in [6, 6.07) is 0.770. The monoisotopic (exact) mass is 216 g/mol. The minimum atomic E-state index is -0.414. The number of ether oxygens (including phenoxy) is 2. The summed E-state index contributed by atoms with van der Waals surface area (Å²) in [5.74, 6) is -0.414. The SMILES string of the molecule is CC(CN(C)C)NC1COC(C)(C)OC1. The van der Waals surface area contributed by atoms with Crippen molar-refractivity contribution >= 4 is 0 Å². The Morgan fingerprint density at radius 1 is 1.33 bits per heavy atom. The molecule has 0 saturated carbocycles. The summed E-state index contributed by atoms with van der Waals surface area (Å²) in [5, 5.41) is 3.50. The molecule has 4 nitrogen and oxygen atoms in total. The lowest BCUT2D eigenvalue weighted by Gasteiger charge is -2.36. The molecule has 0 aliphatic carbocycles. The first-order chi connectivity index (χ1) is 6.89. The molecule has 1 saturated heterocycles. The third-order valence-corrected chi connectivity index (χ3v) is 2.42. The summed E-state index contributed by atoms with van der Waals surface area (Å²) in [5.41, 5.74) is 0. The van der Waals surface area contributed by atoms with Gasteiger partial charge in [0.1, 0.15) is 0 Å². The normalized spacial score (nSPS) is 24.4. The molecule has 15 heavy (non-hydrogen) atoms. The molecular weight excluding hydrogens is 192 g/mol. The van der Waals surface area contributed by atoms with Gasteiger partial charge in [-0.15, -0.1) is 0 Å². The predicted molar refractivity (Wildman–Crippen MR) is 60.9 cm³/mol. The van der Waals surface area contributed by atoms with Crippen molar-refractivity contribution in [3.8, 4) is 0 Å². The average molecular weight is 216 g/mol. The largest absolute Gasteiger partial charge is 0.349 e. The van der Waals surface area contributed by atoms with Crippen LogP contribution in [0.5, 0.6) is 0 Å². The Balaban J connectivity index is 2.23. The van der Waals surface area contributed by atoms with Crippen LogP contribution in [0.15, 0.2) is 0 Å². The summed E-state index contributed by atoms with van der Waals surface area (Å²) in [7, 11) is 4.16. The lowest BCUT2D eigenvalue weighted by atomic mass is 10.2. The fourth-order valence-corrected chi connectivity index (χ4v) is 1.79. The van der Waals surface area contributed by atoms with E-state index in [0.717, 1.165) is 19.8 Å². The van der Waals surface area contributed by atoms with Crippen molar-refractivity contribution in [2.45, 2.75) is 38.6 Å². The Hall–Kier alpha value is -0.160. The highest BCUT2D eigenvalue weighted by Crippen LogP contribution is 2.17. The van der Waals surface area contributed by atoms with E-state index in [-0.39, 0.29) is 0 Å². The number of hydrogen-bond donors (Lipinski definition) is 1. The molecule has 0 spiro atoms. The van der Waals surface area contributed by atoms with Crippen molar-refractivity contribution in [2.75, 3.05) is 33.9 Å². The van der Waals surface area contributed by atoms with Gasteiger partial charge < -0.3 is 19.7 Å². The molecule has 1 atom stereocenters. The molecular formula is C11H24N2O2. The lowest BCUT2D eigenvalue weighted by molar-refractivity contribution is -0.253. The molecule has 0 bridgehead atoms. The Morgan fingerprint density at radius 3 is 2.33 bits per heavy atom. The highest BCUT2D eigenvalue weighted by atomic mass is 16.7. The Labute approximate surface area is 92.9 Å². The summed E-state index contributed by atoms with van der Waals surface area (Å²) in [4.78, 5) is 2.17. The van der Waals surface area contributed by atoms with E-state index >= 15 is 0 Å². The van der Waals surface area contributed by atoms with Gasteiger partial charge in [0.15, 0.2) is 5.79 Å². The molecule has 1 N–H and O–H groups in total. The van der Waals surface area contributed by atoms with Gasteiger partial charge >= 0.3 is 0 Å². The van der Waals surface area contributed by atoms with Gasteiger partial charge in [0.05, 0.1) is 19.3 Å². The maximum absolute atomic E-state index is 5.59. The first-order valence-electron chi connectivity index (χ1n) is 5.58. The molecule has 90 valence electrons. The van der Waals surface area contributed by atoms with Crippen LogP contribution in [0.25, 0.3) is 0 Å². The second-order valence-electron chi connectivity index (χ2n) is 5.05. The smallest absolute Gasteiger partial charge is 0.162 e. The van der Waals surface area contributed by atoms with Crippen LogP contribution in [-0.2, 0) is 9.47 Å². The fourth-order valence-electron chi connectivity index (χ4n) is 1.79. The van der Waals surface area contributed by atoms with E-state index in [9.17, 15) is 0 Å². The number of hydrogen-bond acceptors (Lipinski definition) is 4. The second kappa shape index (κ2) is 5.25.